The van der Waals surface area contributed by atoms with E-state index >= 15 is 0 Å². The highest BCUT2D eigenvalue weighted by molar-refractivity contribution is 7.18. The highest BCUT2D eigenvalue weighted by Gasteiger charge is 2.10. The van der Waals surface area contributed by atoms with Crippen LogP contribution in [0, 0.1) is 13.8 Å². The maximum Gasteiger partial charge on any atom is 0.226 e. The Bertz CT molecular complexity index is 595. The third-order valence-electron chi connectivity index (χ3n) is 2.75. The average Bonchev–Trinajstić information content (AvgIpc) is 2.83. The molecule has 2 rings (SSSR count). The summed E-state index contributed by atoms with van der Waals surface area (Å²) in [7, 11) is 0. The summed E-state index contributed by atoms with van der Waals surface area (Å²) in [5.41, 5.74) is 8.77. The van der Waals surface area contributed by atoms with Gasteiger partial charge in [-0.25, -0.2) is 0 Å². The van der Waals surface area contributed by atoms with Crippen LogP contribution in [0.3, 0.4) is 0 Å². The first-order valence-electron chi connectivity index (χ1n) is 6.50. The molecule has 0 aliphatic heterocycles. The Hall–Kier alpha value is -1.50. The zero-order valence-electron chi connectivity index (χ0n) is 12.0. The summed E-state index contributed by atoms with van der Waals surface area (Å²) in [5, 5.41) is 12.2. The number of nitrogens with two attached hydrogens (primary N) is 1. The van der Waals surface area contributed by atoms with Crippen molar-refractivity contribution in [3.8, 4) is 10.6 Å². The Balaban J connectivity index is 0.00000220. The van der Waals surface area contributed by atoms with Crippen LogP contribution in [-0.4, -0.2) is 22.6 Å². The molecule has 0 aliphatic rings. The molecule has 0 fully saturated rings. The normalized spacial score (nSPS) is 10.0. The molecule has 7 heteroatoms. The number of hydrogen-bond acceptors (Lipinski definition) is 5. The van der Waals surface area contributed by atoms with Gasteiger partial charge in [0.1, 0.15) is 5.01 Å². The number of anilines is 1. The maximum atomic E-state index is 11.6. The van der Waals surface area contributed by atoms with Gasteiger partial charge in [0.2, 0.25) is 11.0 Å². The number of nitrogens with one attached hydrogen (secondary N) is 1. The Morgan fingerprint density at radius 3 is 2.52 bits per heavy atom. The lowest BCUT2D eigenvalue weighted by Crippen LogP contribution is -2.13. The molecule has 1 aromatic carbocycles. The lowest BCUT2D eigenvalue weighted by molar-refractivity contribution is -0.116. The molecule has 21 heavy (non-hydrogen) atoms. The number of rotatable bonds is 5. The standard InChI is InChI=1S/C14H18N4OS.ClH/c1-9-6-10(2)8-11(7-9)13-17-18-14(20-13)16-12(19)4-3-5-15;/h6-8H,3-5,15H2,1-2H3,(H,16,18,19);1H. The van der Waals surface area contributed by atoms with Gasteiger partial charge in [-0.05, 0) is 38.9 Å². The largest absolute Gasteiger partial charge is 0.330 e. The number of halogens is 1. The number of carbonyl (C=O) groups excluding carboxylic acids is 1. The average molecular weight is 327 g/mol. The van der Waals surface area contributed by atoms with Crippen LogP contribution < -0.4 is 11.1 Å². The molecule has 3 N–H and O–H groups in total. The molecular weight excluding hydrogens is 308 g/mol. The summed E-state index contributed by atoms with van der Waals surface area (Å²) in [4.78, 5) is 11.6. The van der Waals surface area contributed by atoms with Crippen molar-refractivity contribution >= 4 is 34.8 Å². The van der Waals surface area contributed by atoms with Crippen molar-refractivity contribution in [1.82, 2.24) is 10.2 Å². The quantitative estimate of drug-likeness (QED) is 0.885. The van der Waals surface area contributed by atoms with E-state index in [9.17, 15) is 4.79 Å². The second kappa shape index (κ2) is 8.07. The number of carbonyl (C=O) groups is 1. The van der Waals surface area contributed by atoms with Crippen molar-refractivity contribution in [2.45, 2.75) is 26.7 Å². The van der Waals surface area contributed by atoms with E-state index in [4.69, 9.17) is 5.73 Å². The first-order chi connectivity index (χ1) is 9.58. The Kier molecular flexibility index (Phi) is 6.74. The van der Waals surface area contributed by atoms with Crippen molar-refractivity contribution in [3.05, 3.63) is 29.3 Å². The van der Waals surface area contributed by atoms with Crippen LogP contribution in [0.5, 0.6) is 0 Å². The fourth-order valence-corrected chi connectivity index (χ4v) is 2.68. The van der Waals surface area contributed by atoms with E-state index in [0.29, 0.717) is 24.5 Å². The van der Waals surface area contributed by atoms with Crippen LogP contribution in [0.25, 0.3) is 10.6 Å². The number of benzene rings is 1. The van der Waals surface area contributed by atoms with Crippen molar-refractivity contribution in [3.63, 3.8) is 0 Å². The number of aromatic nitrogens is 2. The first kappa shape index (κ1) is 17.6. The number of aryl methyl sites for hydroxylation is 2. The van der Waals surface area contributed by atoms with Crippen molar-refractivity contribution in [1.29, 1.82) is 0 Å². The molecule has 0 saturated heterocycles. The predicted octanol–water partition coefficient (Wildman–Crippen LogP) is 2.92. The SMILES string of the molecule is Cc1cc(C)cc(-c2nnc(NC(=O)CCCN)s2)c1.Cl. The molecule has 1 amide bonds. The molecule has 0 atom stereocenters. The Morgan fingerprint density at radius 2 is 1.90 bits per heavy atom. The summed E-state index contributed by atoms with van der Waals surface area (Å²) in [6.45, 7) is 4.61. The molecule has 0 unspecified atom stereocenters. The van der Waals surface area contributed by atoms with Gasteiger partial charge in [-0.3, -0.25) is 4.79 Å². The lowest BCUT2D eigenvalue weighted by atomic mass is 10.1. The summed E-state index contributed by atoms with van der Waals surface area (Å²) in [6.07, 6.45) is 1.09. The molecule has 5 nitrogen and oxygen atoms in total. The van der Waals surface area contributed by atoms with Gasteiger partial charge in [0.05, 0.1) is 0 Å². The fraction of sp³-hybridized carbons (Fsp3) is 0.357. The van der Waals surface area contributed by atoms with E-state index < -0.39 is 0 Å². The van der Waals surface area contributed by atoms with Gasteiger partial charge in [-0.2, -0.15) is 0 Å². The van der Waals surface area contributed by atoms with Crippen LogP contribution in [0.15, 0.2) is 18.2 Å². The second-order valence-electron chi connectivity index (χ2n) is 4.73. The third kappa shape index (κ3) is 5.08. The summed E-state index contributed by atoms with van der Waals surface area (Å²) >= 11 is 1.38. The number of amides is 1. The molecule has 0 saturated carbocycles. The van der Waals surface area contributed by atoms with Crippen LogP contribution in [-0.2, 0) is 4.79 Å². The van der Waals surface area contributed by atoms with E-state index in [2.05, 4.69) is 33.7 Å². The molecule has 0 aliphatic carbocycles. The minimum atomic E-state index is -0.0708. The highest BCUT2D eigenvalue weighted by atomic mass is 35.5. The van der Waals surface area contributed by atoms with E-state index in [1.165, 1.54) is 22.5 Å². The van der Waals surface area contributed by atoms with E-state index in [1.807, 2.05) is 13.8 Å². The fourth-order valence-electron chi connectivity index (χ4n) is 1.93. The molecule has 1 heterocycles. The molecular formula is C14H19ClN4OS. The maximum absolute atomic E-state index is 11.6. The minimum absolute atomic E-state index is 0. The van der Waals surface area contributed by atoms with Crippen LogP contribution >= 0.6 is 23.7 Å². The smallest absolute Gasteiger partial charge is 0.226 e. The van der Waals surface area contributed by atoms with E-state index in [1.54, 1.807) is 0 Å². The van der Waals surface area contributed by atoms with Gasteiger partial charge in [0.25, 0.3) is 0 Å². The van der Waals surface area contributed by atoms with Gasteiger partial charge >= 0.3 is 0 Å². The van der Waals surface area contributed by atoms with Gasteiger partial charge in [0.15, 0.2) is 0 Å². The first-order valence-corrected chi connectivity index (χ1v) is 7.32. The molecule has 114 valence electrons. The van der Waals surface area contributed by atoms with Crippen LogP contribution in [0.2, 0.25) is 0 Å². The van der Waals surface area contributed by atoms with Crippen LogP contribution in [0.4, 0.5) is 5.13 Å². The zero-order chi connectivity index (χ0) is 14.5. The summed E-state index contributed by atoms with van der Waals surface area (Å²) < 4.78 is 0. The molecule has 0 spiro atoms. The minimum Gasteiger partial charge on any atom is -0.330 e. The number of hydrogen-bond donors (Lipinski definition) is 2. The molecule has 0 bridgehead atoms. The Morgan fingerprint density at radius 1 is 1.24 bits per heavy atom. The Labute approximate surface area is 134 Å². The third-order valence-corrected chi connectivity index (χ3v) is 3.64. The van der Waals surface area contributed by atoms with E-state index in [0.717, 1.165) is 10.6 Å². The van der Waals surface area contributed by atoms with Crippen molar-refractivity contribution in [2.75, 3.05) is 11.9 Å². The van der Waals surface area contributed by atoms with Gasteiger partial charge in [-0.1, -0.05) is 28.5 Å². The van der Waals surface area contributed by atoms with Crippen molar-refractivity contribution in [2.24, 2.45) is 5.73 Å². The van der Waals surface area contributed by atoms with Gasteiger partial charge in [0, 0.05) is 12.0 Å². The van der Waals surface area contributed by atoms with Gasteiger partial charge < -0.3 is 11.1 Å². The van der Waals surface area contributed by atoms with Crippen LogP contribution in [0.1, 0.15) is 24.0 Å². The molecule has 0 radical (unpaired) electrons. The molecule has 1 aromatic heterocycles. The summed E-state index contributed by atoms with van der Waals surface area (Å²) in [5.74, 6) is -0.0708. The van der Waals surface area contributed by atoms with E-state index in [-0.39, 0.29) is 18.3 Å². The zero-order valence-corrected chi connectivity index (χ0v) is 13.7. The van der Waals surface area contributed by atoms with Crippen molar-refractivity contribution < 1.29 is 4.79 Å². The second-order valence-corrected chi connectivity index (χ2v) is 5.71. The lowest BCUT2D eigenvalue weighted by Gasteiger charge is -2.01. The summed E-state index contributed by atoms with van der Waals surface area (Å²) in [6, 6.07) is 6.24. The highest BCUT2D eigenvalue weighted by Crippen LogP contribution is 2.27. The molecule has 2 aromatic rings. The number of nitrogens with zero attached hydrogens (tertiary/aromatic N) is 2. The monoisotopic (exact) mass is 326 g/mol. The predicted molar refractivity (Wildman–Crippen MR) is 89.0 cm³/mol. The topological polar surface area (TPSA) is 80.9 Å². The van der Waals surface area contributed by atoms with Gasteiger partial charge in [-0.15, -0.1) is 22.6 Å².